The van der Waals surface area contributed by atoms with E-state index >= 15 is 0 Å². The largest absolute Gasteiger partial charge is 0.494 e. The highest BCUT2D eigenvalue weighted by Gasteiger charge is 2.22. The second-order valence-corrected chi connectivity index (χ2v) is 6.47. The zero-order valence-corrected chi connectivity index (χ0v) is 15.3. The second kappa shape index (κ2) is 8.58. The van der Waals surface area contributed by atoms with Gasteiger partial charge < -0.3 is 19.5 Å². The van der Waals surface area contributed by atoms with Gasteiger partial charge in [-0.1, -0.05) is 19.1 Å². The topological polar surface area (TPSA) is 76.1 Å². The van der Waals surface area contributed by atoms with Crippen LogP contribution in [-0.4, -0.2) is 41.6 Å². The van der Waals surface area contributed by atoms with Crippen LogP contribution >= 0.6 is 0 Å². The van der Waals surface area contributed by atoms with Crippen LogP contribution in [0.5, 0.6) is 11.5 Å². The molecule has 1 aliphatic rings. The Morgan fingerprint density at radius 2 is 1.89 bits per heavy atom. The zero-order valence-electron chi connectivity index (χ0n) is 15.3. The Morgan fingerprint density at radius 1 is 1.07 bits per heavy atom. The molecule has 1 amide bonds. The fourth-order valence-electron chi connectivity index (χ4n) is 3.06. The standard InChI is InChI=1S/C21H23NO5/c1-2-10-26-19-7-6-17-13-22(9-8-15(17)11-19)21(25)16-4-3-5-18(12-16)27-14-20(23)24/h3-7,11-12H,2,8-10,13-14H2,1H3,(H,23,24). The molecule has 1 heterocycles. The molecule has 142 valence electrons. The number of hydrogen-bond donors (Lipinski definition) is 1. The summed E-state index contributed by atoms with van der Waals surface area (Å²) < 4.78 is 10.8. The Morgan fingerprint density at radius 3 is 2.67 bits per heavy atom. The fraction of sp³-hybridized carbons (Fsp3) is 0.333. The van der Waals surface area contributed by atoms with E-state index in [9.17, 15) is 9.59 Å². The molecule has 2 aromatic rings. The highest BCUT2D eigenvalue weighted by Crippen LogP contribution is 2.25. The van der Waals surface area contributed by atoms with Crippen LogP contribution in [0.25, 0.3) is 0 Å². The lowest BCUT2D eigenvalue weighted by Gasteiger charge is -2.29. The van der Waals surface area contributed by atoms with Gasteiger partial charge in [0.1, 0.15) is 11.5 Å². The quantitative estimate of drug-likeness (QED) is 0.811. The van der Waals surface area contributed by atoms with Crippen LogP contribution in [-0.2, 0) is 17.8 Å². The van der Waals surface area contributed by atoms with Crippen LogP contribution in [0.15, 0.2) is 42.5 Å². The van der Waals surface area contributed by atoms with Gasteiger partial charge in [-0.25, -0.2) is 4.79 Å². The summed E-state index contributed by atoms with van der Waals surface area (Å²) in [5.74, 6) is 0.103. The Kier molecular flexibility index (Phi) is 5.96. The number of benzene rings is 2. The van der Waals surface area contributed by atoms with Gasteiger partial charge in [0, 0.05) is 18.7 Å². The molecule has 0 aromatic heterocycles. The Hall–Kier alpha value is -3.02. The van der Waals surface area contributed by atoms with Gasteiger partial charge in [-0.3, -0.25) is 4.79 Å². The number of carbonyl (C=O) groups is 2. The predicted molar refractivity (Wildman–Crippen MR) is 100 cm³/mol. The van der Waals surface area contributed by atoms with Gasteiger partial charge in [-0.15, -0.1) is 0 Å². The van der Waals surface area contributed by atoms with E-state index in [4.69, 9.17) is 14.6 Å². The molecule has 2 aromatic carbocycles. The minimum Gasteiger partial charge on any atom is -0.494 e. The van der Waals surface area contributed by atoms with Crippen LogP contribution in [0.2, 0.25) is 0 Å². The van der Waals surface area contributed by atoms with Crippen molar-refractivity contribution >= 4 is 11.9 Å². The number of rotatable bonds is 7. The van der Waals surface area contributed by atoms with Crippen LogP contribution < -0.4 is 9.47 Å². The summed E-state index contributed by atoms with van der Waals surface area (Å²) in [6.45, 7) is 3.51. The van der Waals surface area contributed by atoms with Gasteiger partial charge >= 0.3 is 5.97 Å². The first-order chi connectivity index (χ1) is 13.1. The van der Waals surface area contributed by atoms with Gasteiger partial charge in [0.25, 0.3) is 5.91 Å². The maximum atomic E-state index is 12.8. The van der Waals surface area contributed by atoms with E-state index in [2.05, 4.69) is 13.0 Å². The molecule has 3 rings (SSSR count). The molecule has 1 N–H and O–H groups in total. The maximum Gasteiger partial charge on any atom is 0.341 e. The Balaban J connectivity index is 1.68. The number of carbonyl (C=O) groups excluding carboxylic acids is 1. The van der Waals surface area contributed by atoms with Gasteiger partial charge in [0.15, 0.2) is 6.61 Å². The third kappa shape index (κ3) is 4.78. The fourth-order valence-corrected chi connectivity index (χ4v) is 3.06. The number of aliphatic carboxylic acids is 1. The summed E-state index contributed by atoms with van der Waals surface area (Å²) in [4.78, 5) is 25.3. The normalized spacial score (nSPS) is 13.0. The molecule has 6 nitrogen and oxygen atoms in total. The highest BCUT2D eigenvalue weighted by molar-refractivity contribution is 5.94. The third-order valence-corrected chi connectivity index (χ3v) is 4.39. The third-order valence-electron chi connectivity index (χ3n) is 4.39. The van der Waals surface area contributed by atoms with Crippen molar-refractivity contribution in [2.75, 3.05) is 19.8 Å². The monoisotopic (exact) mass is 369 g/mol. The molecule has 0 saturated heterocycles. The summed E-state index contributed by atoms with van der Waals surface area (Å²) in [6.07, 6.45) is 1.74. The number of hydrogen-bond acceptors (Lipinski definition) is 4. The van der Waals surface area contributed by atoms with Crippen LogP contribution in [0.4, 0.5) is 0 Å². The van der Waals surface area contributed by atoms with Crippen molar-refractivity contribution in [1.29, 1.82) is 0 Å². The molecular weight excluding hydrogens is 346 g/mol. The summed E-state index contributed by atoms with van der Waals surface area (Å²) in [5.41, 5.74) is 2.83. The van der Waals surface area contributed by atoms with Gasteiger partial charge in [0.05, 0.1) is 6.61 Å². The molecule has 0 aliphatic carbocycles. The highest BCUT2D eigenvalue weighted by atomic mass is 16.5. The van der Waals surface area contributed by atoms with Crippen molar-refractivity contribution in [1.82, 2.24) is 4.90 Å². The number of ether oxygens (including phenoxy) is 2. The smallest absolute Gasteiger partial charge is 0.341 e. The summed E-state index contributed by atoms with van der Waals surface area (Å²) in [7, 11) is 0. The van der Waals surface area contributed by atoms with Crippen molar-refractivity contribution in [3.8, 4) is 11.5 Å². The van der Waals surface area contributed by atoms with E-state index < -0.39 is 12.6 Å². The molecule has 0 unspecified atom stereocenters. The van der Waals surface area contributed by atoms with E-state index in [-0.39, 0.29) is 5.91 Å². The first-order valence-electron chi connectivity index (χ1n) is 9.05. The van der Waals surface area contributed by atoms with Gasteiger partial charge in [-0.2, -0.15) is 0 Å². The second-order valence-electron chi connectivity index (χ2n) is 6.47. The van der Waals surface area contributed by atoms with Gasteiger partial charge in [-0.05, 0) is 54.3 Å². The molecule has 0 spiro atoms. The Bertz CT molecular complexity index is 833. The minimum absolute atomic E-state index is 0.0901. The SMILES string of the molecule is CCCOc1ccc2c(c1)CCN(C(=O)c1cccc(OCC(=O)O)c1)C2. The first-order valence-corrected chi connectivity index (χ1v) is 9.05. The molecule has 0 bridgehead atoms. The molecule has 27 heavy (non-hydrogen) atoms. The molecule has 0 saturated carbocycles. The van der Waals surface area contributed by atoms with Crippen LogP contribution in [0, 0.1) is 0 Å². The van der Waals surface area contributed by atoms with Crippen LogP contribution in [0.1, 0.15) is 34.8 Å². The molecular formula is C21H23NO5. The van der Waals surface area contributed by atoms with E-state index in [1.54, 1.807) is 29.2 Å². The minimum atomic E-state index is -1.05. The Labute approximate surface area is 158 Å². The number of carboxylic acids is 1. The lowest BCUT2D eigenvalue weighted by Crippen LogP contribution is -2.36. The first kappa shape index (κ1) is 18.8. The number of fused-ring (bicyclic) bond motifs is 1. The van der Waals surface area contributed by atoms with Crippen LogP contribution in [0.3, 0.4) is 0 Å². The molecule has 6 heteroatoms. The van der Waals surface area contributed by atoms with E-state index in [1.165, 1.54) is 5.56 Å². The zero-order chi connectivity index (χ0) is 19.2. The van der Waals surface area contributed by atoms with Crippen molar-refractivity contribution < 1.29 is 24.2 Å². The maximum absolute atomic E-state index is 12.8. The number of carboxylic acid groups (broad SMARTS) is 1. The van der Waals surface area contributed by atoms with Gasteiger partial charge in [0.2, 0.25) is 0 Å². The molecule has 0 fully saturated rings. The van der Waals surface area contributed by atoms with E-state index in [1.807, 2.05) is 12.1 Å². The summed E-state index contributed by atoms with van der Waals surface area (Å²) in [5, 5.41) is 8.71. The molecule has 0 radical (unpaired) electrons. The van der Waals surface area contributed by atoms with Crippen molar-refractivity contribution in [2.45, 2.75) is 26.3 Å². The molecule has 1 aliphatic heterocycles. The van der Waals surface area contributed by atoms with Crippen molar-refractivity contribution in [3.05, 3.63) is 59.2 Å². The van der Waals surface area contributed by atoms with Crippen molar-refractivity contribution in [3.63, 3.8) is 0 Å². The average Bonchev–Trinajstić information content (AvgIpc) is 2.69. The summed E-state index contributed by atoms with van der Waals surface area (Å²) in [6, 6.07) is 12.7. The predicted octanol–water partition coefficient (Wildman–Crippen LogP) is 3.14. The molecule has 0 atom stereocenters. The number of nitrogens with zero attached hydrogens (tertiary/aromatic N) is 1. The van der Waals surface area contributed by atoms with Crippen molar-refractivity contribution in [2.24, 2.45) is 0 Å². The lowest BCUT2D eigenvalue weighted by molar-refractivity contribution is -0.139. The number of amides is 1. The average molecular weight is 369 g/mol. The summed E-state index contributed by atoms with van der Waals surface area (Å²) >= 11 is 0. The lowest BCUT2D eigenvalue weighted by atomic mass is 9.98. The van der Waals surface area contributed by atoms with E-state index in [0.717, 1.165) is 24.2 Å². The van der Waals surface area contributed by atoms with E-state index in [0.29, 0.717) is 31.0 Å².